The van der Waals surface area contributed by atoms with E-state index in [0.717, 1.165) is 24.8 Å². The second-order valence-corrected chi connectivity index (χ2v) is 5.75. The maximum absolute atomic E-state index is 3.51. The molecule has 3 aromatic rings. The van der Waals surface area contributed by atoms with Crippen LogP contribution < -0.4 is 4.57 Å². The number of rotatable bonds is 5. The summed E-state index contributed by atoms with van der Waals surface area (Å²) in [4.78, 5) is 0. The normalized spacial score (nSPS) is 11.1. The minimum Gasteiger partial charge on any atom is -0.230 e. The van der Waals surface area contributed by atoms with E-state index in [1.54, 1.807) is 0 Å². The van der Waals surface area contributed by atoms with Gasteiger partial charge in [-0.2, -0.15) is 0 Å². The third kappa shape index (κ3) is 2.78. The second kappa shape index (κ2) is 6.23. The van der Waals surface area contributed by atoms with E-state index in [2.05, 4.69) is 86.0 Å². The van der Waals surface area contributed by atoms with Gasteiger partial charge < -0.3 is 0 Å². The van der Waals surface area contributed by atoms with Crippen LogP contribution in [0, 0.1) is 0 Å². The highest BCUT2D eigenvalue weighted by atomic mass is 79.9. The number of alkyl halides is 1. The van der Waals surface area contributed by atoms with E-state index in [1.807, 2.05) is 0 Å². The van der Waals surface area contributed by atoms with Gasteiger partial charge in [-0.15, -0.1) is 0 Å². The maximum Gasteiger partial charge on any atom is 0.245 e. The quantitative estimate of drug-likeness (QED) is 0.497. The largest absolute Gasteiger partial charge is 0.245 e. The van der Waals surface area contributed by atoms with Crippen molar-refractivity contribution >= 4 is 27.0 Å². The third-order valence-electron chi connectivity index (χ3n) is 3.51. The summed E-state index contributed by atoms with van der Waals surface area (Å²) in [6, 6.07) is 19.2. The number of hydrogen-bond acceptors (Lipinski definition) is 0. The molecule has 0 N–H and O–H groups in total. The lowest BCUT2D eigenvalue weighted by Gasteiger charge is -1.97. The van der Waals surface area contributed by atoms with Gasteiger partial charge in [-0.1, -0.05) is 58.4 Å². The Morgan fingerprint density at radius 2 is 1.70 bits per heavy atom. The van der Waals surface area contributed by atoms with Crippen molar-refractivity contribution < 1.29 is 4.57 Å². The Labute approximate surface area is 127 Å². The lowest BCUT2D eigenvalue weighted by atomic mass is 10.2. The Morgan fingerprint density at radius 3 is 2.50 bits per heavy atom. The first-order valence-corrected chi connectivity index (χ1v) is 8.08. The molecule has 0 fully saturated rings. The van der Waals surface area contributed by atoms with Crippen molar-refractivity contribution in [1.29, 1.82) is 0 Å². The van der Waals surface area contributed by atoms with E-state index in [0.29, 0.717) is 0 Å². The first-order valence-electron chi connectivity index (χ1n) is 6.95. The number of benzene rings is 2. The van der Waals surface area contributed by atoms with Crippen LogP contribution in [0.25, 0.3) is 11.0 Å². The van der Waals surface area contributed by atoms with Crippen LogP contribution in [-0.2, 0) is 13.1 Å². The molecule has 2 nitrogen and oxygen atoms in total. The van der Waals surface area contributed by atoms with Gasteiger partial charge in [0, 0.05) is 5.33 Å². The Bertz CT molecular complexity index is 689. The molecule has 102 valence electrons. The zero-order chi connectivity index (χ0) is 13.8. The monoisotopic (exact) mass is 329 g/mol. The molecule has 0 aliphatic carbocycles. The second-order valence-electron chi connectivity index (χ2n) is 4.95. The van der Waals surface area contributed by atoms with Crippen LogP contribution in [0.1, 0.15) is 12.0 Å². The van der Waals surface area contributed by atoms with E-state index in [4.69, 9.17) is 0 Å². The summed E-state index contributed by atoms with van der Waals surface area (Å²) >= 11 is 3.51. The van der Waals surface area contributed by atoms with Crippen LogP contribution in [0.5, 0.6) is 0 Å². The molecule has 0 unspecified atom stereocenters. The molecule has 0 saturated heterocycles. The summed E-state index contributed by atoms with van der Waals surface area (Å²) in [6.45, 7) is 1.97. The van der Waals surface area contributed by atoms with E-state index in [-0.39, 0.29) is 0 Å². The SMILES string of the molecule is BrCCCn1c[n+](Cc2ccccc2)c2ccccc21. The number of para-hydroxylation sites is 2. The standard InChI is InChI=1S/C17H18BrN2/c18-11-6-12-19-14-20(13-15-7-2-1-3-8-15)17-10-5-4-9-16(17)19/h1-5,7-10,14H,6,11-13H2/q+1. The molecule has 0 radical (unpaired) electrons. The number of nitrogens with zero attached hydrogens (tertiary/aromatic N) is 2. The summed E-state index contributed by atoms with van der Waals surface area (Å²) in [7, 11) is 0. The first kappa shape index (κ1) is 13.4. The highest BCUT2D eigenvalue weighted by molar-refractivity contribution is 9.09. The Balaban J connectivity index is 1.98. The summed E-state index contributed by atoms with van der Waals surface area (Å²) in [5.74, 6) is 0. The Hall–Kier alpha value is -1.61. The first-order chi connectivity index (χ1) is 9.88. The van der Waals surface area contributed by atoms with E-state index in [9.17, 15) is 0 Å². The number of fused-ring (bicyclic) bond motifs is 1. The van der Waals surface area contributed by atoms with E-state index < -0.39 is 0 Å². The van der Waals surface area contributed by atoms with Gasteiger partial charge in [-0.25, -0.2) is 9.13 Å². The van der Waals surface area contributed by atoms with E-state index >= 15 is 0 Å². The predicted octanol–water partition coefficient (Wildman–Crippen LogP) is 3.76. The third-order valence-corrected chi connectivity index (χ3v) is 4.07. The molecule has 1 aromatic heterocycles. The average molecular weight is 330 g/mol. The maximum atomic E-state index is 3.51. The zero-order valence-electron chi connectivity index (χ0n) is 11.4. The van der Waals surface area contributed by atoms with Gasteiger partial charge in [0.1, 0.15) is 6.54 Å². The van der Waals surface area contributed by atoms with Gasteiger partial charge in [0.05, 0.1) is 6.54 Å². The average Bonchev–Trinajstić information content (AvgIpc) is 2.85. The van der Waals surface area contributed by atoms with Crippen LogP contribution in [0.15, 0.2) is 60.9 Å². The zero-order valence-corrected chi connectivity index (χ0v) is 13.0. The van der Waals surface area contributed by atoms with Crippen LogP contribution in [-0.4, -0.2) is 9.90 Å². The number of halogens is 1. The van der Waals surface area contributed by atoms with Crippen molar-refractivity contribution in [3.05, 3.63) is 66.5 Å². The van der Waals surface area contributed by atoms with Crippen LogP contribution in [0.3, 0.4) is 0 Å². The molecule has 0 amide bonds. The van der Waals surface area contributed by atoms with Crippen molar-refractivity contribution in [1.82, 2.24) is 4.57 Å². The minimum atomic E-state index is 0.919. The van der Waals surface area contributed by atoms with Gasteiger partial charge in [0.25, 0.3) is 0 Å². The molecule has 20 heavy (non-hydrogen) atoms. The van der Waals surface area contributed by atoms with Crippen LogP contribution >= 0.6 is 15.9 Å². The summed E-state index contributed by atoms with van der Waals surface area (Å²) < 4.78 is 4.68. The van der Waals surface area contributed by atoms with Gasteiger partial charge >= 0.3 is 0 Å². The summed E-state index contributed by atoms with van der Waals surface area (Å²) in [5, 5.41) is 1.04. The fourth-order valence-corrected chi connectivity index (χ4v) is 2.81. The molecular formula is C17H18BrN2+. The molecule has 3 rings (SSSR count). The lowest BCUT2D eigenvalue weighted by molar-refractivity contribution is -0.663. The predicted molar refractivity (Wildman–Crippen MR) is 86.1 cm³/mol. The van der Waals surface area contributed by atoms with Gasteiger partial charge in [0.2, 0.25) is 6.33 Å². The molecule has 0 atom stereocenters. The van der Waals surface area contributed by atoms with Crippen molar-refractivity contribution in [2.45, 2.75) is 19.5 Å². The van der Waals surface area contributed by atoms with Crippen LogP contribution in [0.2, 0.25) is 0 Å². The summed E-state index contributed by atoms with van der Waals surface area (Å²) in [6.07, 6.45) is 3.38. The molecular weight excluding hydrogens is 312 g/mol. The fraction of sp³-hybridized carbons (Fsp3) is 0.235. The Kier molecular flexibility index (Phi) is 4.16. The molecule has 0 aliphatic heterocycles. The van der Waals surface area contributed by atoms with Crippen molar-refractivity contribution in [3.63, 3.8) is 0 Å². The Morgan fingerprint density at radius 1 is 0.950 bits per heavy atom. The fourth-order valence-electron chi connectivity index (χ4n) is 2.56. The van der Waals surface area contributed by atoms with Crippen molar-refractivity contribution in [2.24, 2.45) is 0 Å². The van der Waals surface area contributed by atoms with Gasteiger partial charge in [0.15, 0.2) is 11.0 Å². The highest BCUT2D eigenvalue weighted by Gasteiger charge is 2.14. The molecule has 0 saturated carbocycles. The topological polar surface area (TPSA) is 8.81 Å². The number of aryl methyl sites for hydroxylation is 1. The molecule has 0 spiro atoms. The summed E-state index contributed by atoms with van der Waals surface area (Å²) in [5.41, 5.74) is 3.94. The number of aromatic nitrogens is 2. The van der Waals surface area contributed by atoms with Crippen molar-refractivity contribution in [3.8, 4) is 0 Å². The molecule has 2 aromatic carbocycles. The van der Waals surface area contributed by atoms with Crippen LogP contribution in [0.4, 0.5) is 0 Å². The molecule has 3 heteroatoms. The molecule has 1 heterocycles. The van der Waals surface area contributed by atoms with Crippen molar-refractivity contribution in [2.75, 3.05) is 5.33 Å². The number of imidazole rings is 1. The van der Waals surface area contributed by atoms with Gasteiger partial charge in [-0.05, 0) is 24.1 Å². The number of hydrogen-bond donors (Lipinski definition) is 0. The molecule has 0 bridgehead atoms. The van der Waals surface area contributed by atoms with Gasteiger partial charge in [-0.3, -0.25) is 0 Å². The lowest BCUT2D eigenvalue weighted by Crippen LogP contribution is -2.32. The minimum absolute atomic E-state index is 0.919. The highest BCUT2D eigenvalue weighted by Crippen LogP contribution is 2.12. The van der Waals surface area contributed by atoms with E-state index in [1.165, 1.54) is 16.6 Å². The smallest absolute Gasteiger partial charge is 0.230 e. The molecule has 0 aliphatic rings.